The summed E-state index contributed by atoms with van der Waals surface area (Å²) in [5.74, 6) is 0. The molecule has 1 aliphatic carbocycles. The van der Waals surface area contributed by atoms with Crippen LogP contribution in [0.2, 0.25) is 0 Å². The highest BCUT2D eigenvalue weighted by molar-refractivity contribution is 5.87. The molecule has 0 aromatic heterocycles. The highest BCUT2D eigenvalue weighted by atomic mass is 15.3. The van der Waals surface area contributed by atoms with Gasteiger partial charge in [0.1, 0.15) is 0 Å². The van der Waals surface area contributed by atoms with Crippen LogP contribution in [0.4, 0.5) is 0 Å². The normalized spacial score (nSPS) is 15.2. The third-order valence-electron chi connectivity index (χ3n) is 12.0. The summed E-state index contributed by atoms with van der Waals surface area (Å²) in [5, 5.41) is 0. The van der Waals surface area contributed by atoms with E-state index in [0.29, 0.717) is 0 Å². The molecule has 288 valence electrons. The van der Waals surface area contributed by atoms with Crippen LogP contribution in [0.3, 0.4) is 0 Å². The Hall–Kier alpha value is -4.76. The van der Waals surface area contributed by atoms with Gasteiger partial charge in [0.15, 0.2) is 0 Å². The van der Waals surface area contributed by atoms with Crippen LogP contribution in [0.5, 0.6) is 0 Å². The van der Waals surface area contributed by atoms with Gasteiger partial charge in [-0.3, -0.25) is 0 Å². The lowest BCUT2D eigenvalue weighted by Gasteiger charge is -2.35. The van der Waals surface area contributed by atoms with Crippen LogP contribution in [-0.2, 0) is 5.41 Å². The summed E-state index contributed by atoms with van der Waals surface area (Å²) in [6.07, 6.45) is 6.00. The highest BCUT2D eigenvalue weighted by Crippen LogP contribution is 2.55. The molecular weight excluding hydrogens is 677 g/mol. The van der Waals surface area contributed by atoms with E-state index in [0.717, 1.165) is 8.97 Å². The fraction of sp³-hybridized carbons (Fsp3) is 0.333. The van der Waals surface area contributed by atoms with Gasteiger partial charge >= 0.3 is 0 Å². The summed E-state index contributed by atoms with van der Waals surface area (Å²) in [6.45, 7) is 11.2. The number of unbranched alkanes of at least 4 members (excludes halogenated alkanes) is 1. The van der Waals surface area contributed by atoms with Crippen molar-refractivity contribution < 1.29 is 8.97 Å². The molecule has 0 N–H and O–H groups in total. The molecule has 7 rings (SSSR count). The maximum atomic E-state index is 2.58. The SMILES string of the molecule is Cc1cc(C)cc(-c2ccc(-c3ccc(-c4ccc5c(c4)-c4ccc(-c6cc(C)cc(C)c6)cc4C5(CCCC[N+](C)(C)C)CCC[N+](C)(C)C)cc3)cc2)c1. The molecule has 0 amide bonds. The lowest BCUT2D eigenvalue weighted by atomic mass is 9.70. The number of fused-ring (bicyclic) bond motifs is 3. The summed E-state index contributed by atoms with van der Waals surface area (Å²) in [6, 6.07) is 46.9. The Morgan fingerprint density at radius 1 is 0.339 bits per heavy atom. The molecule has 0 fully saturated rings. The lowest BCUT2D eigenvalue weighted by molar-refractivity contribution is -0.870. The van der Waals surface area contributed by atoms with Crippen LogP contribution in [0.15, 0.2) is 121 Å². The zero-order valence-corrected chi connectivity index (χ0v) is 35.9. The van der Waals surface area contributed by atoms with Crippen molar-refractivity contribution in [2.45, 2.75) is 65.2 Å². The van der Waals surface area contributed by atoms with Crippen LogP contribution >= 0.6 is 0 Å². The predicted octanol–water partition coefficient (Wildman–Crippen LogP) is 13.2. The summed E-state index contributed by atoms with van der Waals surface area (Å²) >= 11 is 0. The standard InChI is InChI=1S/C54H64N2/c1-38-30-39(2)33-48(32-38)45-20-16-43(17-21-45)42-14-18-44(19-15-42)46-23-25-52-51(36-46)50-24-22-47(49-34-40(3)31-41(4)35-49)37-53(50)54(52,27-13-29-56(8,9)10)26-11-12-28-55(5,6)7/h14-25,30-37H,11-13,26-29H2,1-10H3/q+2. The minimum Gasteiger partial charge on any atom is -0.331 e. The molecular formula is C54H64N2+2. The molecule has 1 aliphatic rings. The van der Waals surface area contributed by atoms with Gasteiger partial charge in [-0.15, -0.1) is 0 Å². The molecule has 0 aliphatic heterocycles. The fourth-order valence-electron chi connectivity index (χ4n) is 9.39. The second-order valence-corrected chi connectivity index (χ2v) is 19.1. The van der Waals surface area contributed by atoms with Gasteiger partial charge < -0.3 is 8.97 Å². The molecule has 6 aromatic rings. The minimum absolute atomic E-state index is 0.00864. The van der Waals surface area contributed by atoms with Crippen molar-refractivity contribution in [2.75, 3.05) is 55.4 Å². The van der Waals surface area contributed by atoms with Crippen molar-refractivity contribution >= 4 is 0 Å². The first-order valence-electron chi connectivity index (χ1n) is 20.9. The quantitative estimate of drug-likeness (QED) is 0.0817. The van der Waals surface area contributed by atoms with Gasteiger partial charge in [0.05, 0.1) is 55.4 Å². The number of aryl methyl sites for hydroxylation is 4. The Kier molecular flexibility index (Phi) is 11.0. The van der Waals surface area contributed by atoms with E-state index in [1.807, 2.05) is 0 Å². The van der Waals surface area contributed by atoms with E-state index in [9.17, 15) is 0 Å². The van der Waals surface area contributed by atoms with Crippen molar-refractivity contribution in [1.29, 1.82) is 0 Å². The number of hydrogen-bond acceptors (Lipinski definition) is 0. The fourth-order valence-corrected chi connectivity index (χ4v) is 9.39. The third-order valence-corrected chi connectivity index (χ3v) is 12.0. The maximum absolute atomic E-state index is 2.58. The first-order valence-corrected chi connectivity index (χ1v) is 20.9. The van der Waals surface area contributed by atoms with Crippen LogP contribution in [0.25, 0.3) is 55.6 Å². The average molecular weight is 741 g/mol. The minimum atomic E-state index is -0.00864. The van der Waals surface area contributed by atoms with E-state index in [1.165, 1.54) is 134 Å². The van der Waals surface area contributed by atoms with Gasteiger partial charge in [0.2, 0.25) is 0 Å². The van der Waals surface area contributed by atoms with E-state index in [4.69, 9.17) is 0 Å². The molecule has 2 heteroatoms. The smallest absolute Gasteiger partial charge is 0.0780 e. The van der Waals surface area contributed by atoms with Gasteiger partial charge in [0.25, 0.3) is 0 Å². The highest BCUT2D eigenvalue weighted by Gasteiger charge is 2.43. The third kappa shape index (κ3) is 8.78. The second-order valence-electron chi connectivity index (χ2n) is 19.1. The Morgan fingerprint density at radius 2 is 0.732 bits per heavy atom. The Morgan fingerprint density at radius 3 is 1.25 bits per heavy atom. The van der Waals surface area contributed by atoms with Crippen molar-refractivity contribution in [3.05, 3.63) is 155 Å². The van der Waals surface area contributed by atoms with Gasteiger partial charge in [-0.2, -0.15) is 0 Å². The van der Waals surface area contributed by atoms with Crippen LogP contribution in [0, 0.1) is 27.7 Å². The molecule has 0 heterocycles. The van der Waals surface area contributed by atoms with E-state index < -0.39 is 0 Å². The molecule has 0 spiro atoms. The van der Waals surface area contributed by atoms with Crippen LogP contribution in [0.1, 0.15) is 65.5 Å². The Balaban J connectivity index is 1.26. The molecule has 2 nitrogen and oxygen atoms in total. The van der Waals surface area contributed by atoms with Gasteiger partial charge in [-0.25, -0.2) is 0 Å². The van der Waals surface area contributed by atoms with E-state index in [-0.39, 0.29) is 5.41 Å². The molecule has 0 radical (unpaired) electrons. The summed E-state index contributed by atoms with van der Waals surface area (Å²) in [4.78, 5) is 0. The summed E-state index contributed by atoms with van der Waals surface area (Å²) in [5.41, 5.74) is 21.4. The van der Waals surface area contributed by atoms with Crippen molar-refractivity contribution in [1.82, 2.24) is 0 Å². The molecule has 1 unspecified atom stereocenters. The lowest BCUT2D eigenvalue weighted by Crippen LogP contribution is -2.37. The Labute approximate surface area is 338 Å². The van der Waals surface area contributed by atoms with Crippen molar-refractivity contribution in [2.24, 2.45) is 0 Å². The molecule has 0 saturated carbocycles. The number of hydrogen-bond donors (Lipinski definition) is 0. The molecule has 0 bridgehead atoms. The number of benzene rings is 6. The number of rotatable bonds is 13. The maximum Gasteiger partial charge on any atom is 0.0780 e. The summed E-state index contributed by atoms with van der Waals surface area (Å²) in [7, 11) is 14.0. The second kappa shape index (κ2) is 15.6. The monoisotopic (exact) mass is 741 g/mol. The first-order chi connectivity index (χ1) is 26.6. The van der Waals surface area contributed by atoms with Gasteiger partial charge in [-0.1, -0.05) is 131 Å². The summed E-state index contributed by atoms with van der Waals surface area (Å²) < 4.78 is 2.00. The molecule has 56 heavy (non-hydrogen) atoms. The molecule has 1 atom stereocenters. The topological polar surface area (TPSA) is 0 Å². The molecule has 0 saturated heterocycles. The number of nitrogens with zero attached hydrogens (tertiary/aromatic N) is 2. The van der Waals surface area contributed by atoms with E-state index in [1.54, 1.807) is 0 Å². The Bertz CT molecular complexity index is 2290. The average Bonchev–Trinajstić information content (AvgIpc) is 3.40. The van der Waals surface area contributed by atoms with Gasteiger partial charge in [-0.05, 0) is 139 Å². The van der Waals surface area contributed by atoms with Crippen LogP contribution < -0.4 is 0 Å². The molecule has 6 aromatic carbocycles. The number of quaternary nitrogens is 2. The van der Waals surface area contributed by atoms with Crippen molar-refractivity contribution in [3.63, 3.8) is 0 Å². The van der Waals surface area contributed by atoms with Gasteiger partial charge in [0, 0.05) is 5.41 Å². The zero-order valence-electron chi connectivity index (χ0n) is 35.9. The van der Waals surface area contributed by atoms with Crippen molar-refractivity contribution in [3.8, 4) is 55.6 Å². The van der Waals surface area contributed by atoms with E-state index in [2.05, 4.69) is 191 Å². The van der Waals surface area contributed by atoms with E-state index >= 15 is 0 Å². The van der Waals surface area contributed by atoms with Crippen LogP contribution in [-0.4, -0.2) is 64.3 Å². The zero-order chi connectivity index (χ0) is 39.8. The largest absolute Gasteiger partial charge is 0.331 e. The predicted molar refractivity (Wildman–Crippen MR) is 242 cm³/mol. The first kappa shape index (κ1) is 39.5.